The number of carbonyl (C=O) groups is 2. The lowest BCUT2D eigenvalue weighted by molar-refractivity contribution is -0.160. The van der Waals surface area contributed by atoms with Gasteiger partial charge in [0.15, 0.2) is 0 Å². The number of esters is 2. The molecule has 0 N–H and O–H groups in total. The van der Waals surface area contributed by atoms with Gasteiger partial charge in [-0.25, -0.2) is 0 Å². The first kappa shape index (κ1) is 17.9. The van der Waals surface area contributed by atoms with Gasteiger partial charge in [-0.3, -0.25) is 9.59 Å². The summed E-state index contributed by atoms with van der Waals surface area (Å²) in [7, 11) is 0. The minimum Gasteiger partial charge on any atom is -0.465 e. The van der Waals surface area contributed by atoms with E-state index in [9.17, 15) is 9.59 Å². The Morgan fingerprint density at radius 2 is 1.68 bits per heavy atom. The summed E-state index contributed by atoms with van der Waals surface area (Å²) in [4.78, 5) is 22.9. The van der Waals surface area contributed by atoms with Crippen molar-refractivity contribution >= 4 is 11.9 Å². The van der Waals surface area contributed by atoms with Crippen LogP contribution in [-0.2, 0) is 19.1 Å². The van der Waals surface area contributed by atoms with Gasteiger partial charge in [0.1, 0.15) is 12.5 Å². The minimum absolute atomic E-state index is 0.125. The molecular formula is C15H28O4. The second-order valence-corrected chi connectivity index (χ2v) is 5.96. The third-order valence-corrected chi connectivity index (χ3v) is 3.08. The Bertz CT molecular complexity index is 278. The van der Waals surface area contributed by atoms with Crippen LogP contribution in [0.3, 0.4) is 0 Å². The zero-order chi connectivity index (χ0) is 14.9. The lowest BCUT2D eigenvalue weighted by Crippen LogP contribution is -2.29. The van der Waals surface area contributed by atoms with Crippen LogP contribution in [0, 0.1) is 5.41 Å². The fraction of sp³-hybridized carbons (Fsp3) is 0.867. The summed E-state index contributed by atoms with van der Waals surface area (Å²) >= 11 is 0. The van der Waals surface area contributed by atoms with Crippen LogP contribution in [0.5, 0.6) is 0 Å². The number of carbonyl (C=O) groups excluding carboxylic acids is 2. The third-order valence-electron chi connectivity index (χ3n) is 3.08. The highest BCUT2D eigenvalue weighted by Crippen LogP contribution is 2.21. The molecule has 0 aliphatic heterocycles. The molecule has 0 aliphatic carbocycles. The predicted molar refractivity (Wildman–Crippen MR) is 74.7 cm³/mol. The van der Waals surface area contributed by atoms with Gasteiger partial charge in [0.25, 0.3) is 0 Å². The van der Waals surface area contributed by atoms with Gasteiger partial charge in [-0.1, -0.05) is 47.0 Å². The summed E-state index contributed by atoms with van der Waals surface area (Å²) in [6, 6.07) is 0. The van der Waals surface area contributed by atoms with E-state index >= 15 is 0 Å². The highest BCUT2D eigenvalue weighted by Gasteiger charge is 2.24. The van der Waals surface area contributed by atoms with Gasteiger partial charge in [-0.2, -0.15) is 0 Å². The topological polar surface area (TPSA) is 52.6 Å². The Kier molecular flexibility index (Phi) is 8.44. The Morgan fingerprint density at radius 1 is 1.05 bits per heavy atom. The van der Waals surface area contributed by atoms with Crippen LogP contribution in [0.25, 0.3) is 0 Å². The molecule has 1 atom stereocenters. The van der Waals surface area contributed by atoms with Crippen molar-refractivity contribution in [1.82, 2.24) is 0 Å². The minimum atomic E-state index is -0.513. The second kappa shape index (κ2) is 8.94. The molecule has 0 aromatic carbocycles. The standard InChI is InChI=1S/C15H28O4/c1-6-7-8-9-10-18-13(16)11-14(17)19-12(2)15(3,4)5/h12H,6-11H2,1-5H3. The Labute approximate surface area is 116 Å². The summed E-state index contributed by atoms with van der Waals surface area (Å²) in [5, 5.41) is 0. The number of ether oxygens (including phenoxy) is 2. The normalized spacial score (nSPS) is 12.9. The molecule has 0 saturated carbocycles. The molecule has 0 aromatic heterocycles. The first-order chi connectivity index (χ1) is 8.77. The van der Waals surface area contributed by atoms with E-state index in [1.54, 1.807) is 0 Å². The summed E-state index contributed by atoms with van der Waals surface area (Å²) in [5.74, 6) is -1.01. The Morgan fingerprint density at radius 3 is 2.21 bits per heavy atom. The lowest BCUT2D eigenvalue weighted by atomic mass is 9.90. The Hall–Kier alpha value is -1.06. The van der Waals surface area contributed by atoms with Crippen LogP contribution in [0.2, 0.25) is 0 Å². The first-order valence-electron chi connectivity index (χ1n) is 7.12. The lowest BCUT2D eigenvalue weighted by Gasteiger charge is -2.26. The zero-order valence-electron chi connectivity index (χ0n) is 13.0. The molecular weight excluding hydrogens is 244 g/mol. The quantitative estimate of drug-likeness (QED) is 0.385. The second-order valence-electron chi connectivity index (χ2n) is 5.96. The molecule has 4 heteroatoms. The summed E-state index contributed by atoms with van der Waals surface area (Å²) in [6.07, 6.45) is 3.67. The highest BCUT2D eigenvalue weighted by molar-refractivity contribution is 5.91. The monoisotopic (exact) mass is 272 g/mol. The molecule has 0 bridgehead atoms. The van der Waals surface area contributed by atoms with Crippen molar-refractivity contribution in [3.63, 3.8) is 0 Å². The van der Waals surface area contributed by atoms with E-state index < -0.39 is 11.9 Å². The molecule has 112 valence electrons. The van der Waals surface area contributed by atoms with E-state index in [1.807, 2.05) is 27.7 Å². The molecule has 0 heterocycles. The van der Waals surface area contributed by atoms with Gasteiger partial charge in [0.2, 0.25) is 0 Å². The molecule has 0 rings (SSSR count). The third kappa shape index (κ3) is 9.51. The van der Waals surface area contributed by atoms with Crippen molar-refractivity contribution in [2.75, 3.05) is 6.61 Å². The molecule has 19 heavy (non-hydrogen) atoms. The average Bonchev–Trinajstić information content (AvgIpc) is 2.27. The summed E-state index contributed by atoms with van der Waals surface area (Å²) in [6.45, 7) is 10.3. The van der Waals surface area contributed by atoms with E-state index in [0.717, 1.165) is 25.7 Å². The maximum atomic E-state index is 11.5. The molecule has 0 aromatic rings. The smallest absolute Gasteiger partial charge is 0.317 e. The van der Waals surface area contributed by atoms with Gasteiger partial charge < -0.3 is 9.47 Å². The van der Waals surface area contributed by atoms with Crippen LogP contribution in [-0.4, -0.2) is 24.6 Å². The average molecular weight is 272 g/mol. The maximum absolute atomic E-state index is 11.5. The van der Waals surface area contributed by atoms with Crippen molar-refractivity contribution in [2.24, 2.45) is 5.41 Å². The molecule has 4 nitrogen and oxygen atoms in total. The molecule has 0 radical (unpaired) electrons. The largest absolute Gasteiger partial charge is 0.465 e. The SMILES string of the molecule is CCCCCCOC(=O)CC(=O)OC(C)C(C)(C)C. The molecule has 0 amide bonds. The van der Waals surface area contributed by atoms with E-state index in [0.29, 0.717) is 6.61 Å². The van der Waals surface area contributed by atoms with Crippen LogP contribution in [0.15, 0.2) is 0 Å². The van der Waals surface area contributed by atoms with Gasteiger partial charge in [0.05, 0.1) is 6.61 Å². The molecule has 0 saturated heterocycles. The van der Waals surface area contributed by atoms with Gasteiger partial charge in [-0.05, 0) is 18.8 Å². The Balaban J connectivity index is 3.78. The van der Waals surface area contributed by atoms with Crippen molar-refractivity contribution < 1.29 is 19.1 Å². The maximum Gasteiger partial charge on any atom is 0.317 e. The van der Waals surface area contributed by atoms with E-state index in [1.165, 1.54) is 0 Å². The fourth-order valence-corrected chi connectivity index (χ4v) is 1.30. The van der Waals surface area contributed by atoms with E-state index in [2.05, 4.69) is 6.92 Å². The molecule has 0 spiro atoms. The van der Waals surface area contributed by atoms with Crippen molar-refractivity contribution in [1.29, 1.82) is 0 Å². The highest BCUT2D eigenvalue weighted by atomic mass is 16.6. The number of rotatable bonds is 8. The predicted octanol–water partition coefficient (Wildman–Crippen LogP) is 3.48. The van der Waals surface area contributed by atoms with Crippen molar-refractivity contribution in [3.8, 4) is 0 Å². The number of hydrogen-bond donors (Lipinski definition) is 0. The van der Waals surface area contributed by atoms with Crippen molar-refractivity contribution in [3.05, 3.63) is 0 Å². The van der Waals surface area contributed by atoms with Gasteiger partial charge in [-0.15, -0.1) is 0 Å². The van der Waals surface area contributed by atoms with Gasteiger partial charge in [0, 0.05) is 0 Å². The molecule has 0 aliphatic rings. The zero-order valence-corrected chi connectivity index (χ0v) is 13.0. The van der Waals surface area contributed by atoms with Crippen LogP contribution < -0.4 is 0 Å². The summed E-state index contributed by atoms with van der Waals surface area (Å²) < 4.78 is 10.2. The summed E-state index contributed by atoms with van der Waals surface area (Å²) in [5.41, 5.74) is -0.125. The molecule has 0 fully saturated rings. The fourth-order valence-electron chi connectivity index (χ4n) is 1.30. The van der Waals surface area contributed by atoms with Crippen LogP contribution in [0.4, 0.5) is 0 Å². The van der Waals surface area contributed by atoms with Crippen LogP contribution in [0.1, 0.15) is 66.7 Å². The van der Waals surface area contributed by atoms with E-state index in [-0.39, 0.29) is 17.9 Å². The number of unbranched alkanes of at least 4 members (excludes halogenated alkanes) is 3. The first-order valence-corrected chi connectivity index (χ1v) is 7.12. The number of hydrogen-bond acceptors (Lipinski definition) is 4. The van der Waals surface area contributed by atoms with Crippen molar-refractivity contribution in [2.45, 2.75) is 72.8 Å². The van der Waals surface area contributed by atoms with E-state index in [4.69, 9.17) is 9.47 Å². The van der Waals surface area contributed by atoms with Gasteiger partial charge >= 0.3 is 11.9 Å². The van der Waals surface area contributed by atoms with Crippen LogP contribution >= 0.6 is 0 Å². The molecule has 1 unspecified atom stereocenters.